The lowest BCUT2D eigenvalue weighted by Crippen LogP contribution is -2.09. The van der Waals surface area contributed by atoms with Crippen molar-refractivity contribution in [2.45, 2.75) is 30.2 Å². The third-order valence-electron chi connectivity index (χ3n) is 3.99. The fourth-order valence-electron chi connectivity index (χ4n) is 2.66. The fourth-order valence-corrected chi connectivity index (χ4v) is 4.04. The number of benzene rings is 1. The molecule has 1 N–H and O–H groups in total. The number of thioether (sulfide) groups is 1. The molecule has 0 aliphatic carbocycles. The van der Waals surface area contributed by atoms with E-state index in [0.717, 1.165) is 5.52 Å². The van der Waals surface area contributed by atoms with Gasteiger partial charge in [0, 0.05) is 6.42 Å². The van der Waals surface area contributed by atoms with Gasteiger partial charge < -0.3 is 9.40 Å². The number of nitrogens with one attached hydrogen (secondary N) is 1. The van der Waals surface area contributed by atoms with Gasteiger partial charge in [-0.15, -0.1) is 21.5 Å². The first-order chi connectivity index (χ1) is 12.7. The van der Waals surface area contributed by atoms with E-state index in [1.807, 2.05) is 29.6 Å². The fraction of sp³-hybridized carbons (Fsp3) is 0.222. The molecule has 132 valence electrons. The third kappa shape index (κ3) is 3.71. The van der Waals surface area contributed by atoms with Crippen molar-refractivity contribution in [3.8, 4) is 0 Å². The molecule has 3 heterocycles. The highest BCUT2D eigenvalue weighted by atomic mass is 32.2. The van der Waals surface area contributed by atoms with Crippen LogP contribution in [0.2, 0.25) is 0 Å². The van der Waals surface area contributed by atoms with Gasteiger partial charge in [-0.3, -0.25) is 4.79 Å². The zero-order valence-electron chi connectivity index (χ0n) is 14.0. The maximum Gasteiger partial charge on any atom is 0.277 e. The Morgan fingerprint density at radius 3 is 2.92 bits per heavy atom. The quantitative estimate of drug-likeness (QED) is 0.506. The number of rotatable bonds is 6. The van der Waals surface area contributed by atoms with Gasteiger partial charge in [0.1, 0.15) is 10.5 Å². The van der Waals surface area contributed by atoms with Crippen LogP contribution in [0.3, 0.4) is 0 Å². The molecule has 0 saturated carbocycles. The molecule has 8 heteroatoms. The van der Waals surface area contributed by atoms with Crippen molar-refractivity contribution in [2.75, 3.05) is 0 Å². The molecule has 0 aliphatic rings. The highest BCUT2D eigenvalue weighted by molar-refractivity contribution is 7.98. The second kappa shape index (κ2) is 7.43. The lowest BCUT2D eigenvalue weighted by atomic mass is 9.98. The zero-order valence-corrected chi connectivity index (χ0v) is 15.6. The summed E-state index contributed by atoms with van der Waals surface area (Å²) in [7, 11) is 0. The molecule has 0 fully saturated rings. The molecular formula is C18H16N4O2S2. The molecular weight excluding hydrogens is 368 g/mol. The van der Waals surface area contributed by atoms with E-state index in [-0.39, 0.29) is 5.56 Å². The first-order valence-electron chi connectivity index (χ1n) is 8.15. The van der Waals surface area contributed by atoms with E-state index in [1.165, 1.54) is 28.7 Å². The maximum atomic E-state index is 12.0. The van der Waals surface area contributed by atoms with Crippen LogP contribution < -0.4 is 5.56 Å². The topological polar surface area (TPSA) is 84.7 Å². The maximum absolute atomic E-state index is 12.0. The van der Waals surface area contributed by atoms with Crippen LogP contribution in [0, 0.1) is 0 Å². The van der Waals surface area contributed by atoms with Crippen molar-refractivity contribution in [1.82, 2.24) is 20.2 Å². The number of H-pyrrole nitrogens is 1. The molecule has 6 nitrogen and oxygen atoms in total. The van der Waals surface area contributed by atoms with Crippen LogP contribution in [0.4, 0.5) is 0 Å². The molecule has 0 radical (unpaired) electrons. The van der Waals surface area contributed by atoms with E-state index < -0.39 is 0 Å². The van der Waals surface area contributed by atoms with Gasteiger partial charge in [-0.1, -0.05) is 49.0 Å². The van der Waals surface area contributed by atoms with Gasteiger partial charge in [-0.2, -0.15) is 0 Å². The van der Waals surface area contributed by atoms with Crippen LogP contribution >= 0.6 is 23.1 Å². The summed E-state index contributed by atoms with van der Waals surface area (Å²) in [6.07, 6.45) is 0.688. The minimum atomic E-state index is -0.108. The molecule has 0 aliphatic heterocycles. The van der Waals surface area contributed by atoms with E-state index in [1.54, 1.807) is 0 Å². The second-order valence-corrected chi connectivity index (χ2v) is 7.76. The van der Waals surface area contributed by atoms with E-state index in [2.05, 4.69) is 39.2 Å². The minimum absolute atomic E-state index is 0.108. The van der Waals surface area contributed by atoms with Gasteiger partial charge in [-0.05, 0) is 22.9 Å². The Kier molecular flexibility index (Phi) is 4.85. The van der Waals surface area contributed by atoms with Gasteiger partial charge in [0.15, 0.2) is 0 Å². The Morgan fingerprint density at radius 2 is 2.08 bits per heavy atom. The van der Waals surface area contributed by atoms with Gasteiger partial charge in [0.25, 0.3) is 10.8 Å². The van der Waals surface area contributed by atoms with Crippen LogP contribution in [0.25, 0.3) is 10.2 Å². The number of nitrogens with zero attached hydrogens (tertiary/aromatic N) is 3. The minimum Gasteiger partial charge on any atom is -0.416 e. The Labute approximate surface area is 157 Å². The summed E-state index contributed by atoms with van der Waals surface area (Å²) >= 11 is 2.76. The van der Waals surface area contributed by atoms with Crippen molar-refractivity contribution in [3.05, 3.63) is 69.4 Å². The van der Waals surface area contributed by atoms with E-state index in [4.69, 9.17) is 4.42 Å². The number of hydrogen-bond donors (Lipinski definition) is 1. The highest BCUT2D eigenvalue weighted by Gasteiger charge is 2.13. The SMILES string of the molecule is CC(Cc1nnc(SCc2nc3ccsc3c(=O)[nH]2)o1)c1ccccc1. The van der Waals surface area contributed by atoms with Crippen LogP contribution in [0.15, 0.2) is 56.2 Å². The van der Waals surface area contributed by atoms with E-state index in [0.29, 0.717) is 39.7 Å². The largest absolute Gasteiger partial charge is 0.416 e. The van der Waals surface area contributed by atoms with Gasteiger partial charge in [-0.25, -0.2) is 4.98 Å². The molecule has 1 atom stereocenters. The number of aromatic amines is 1. The Hall–Kier alpha value is -2.45. The summed E-state index contributed by atoms with van der Waals surface area (Å²) < 4.78 is 6.37. The summed E-state index contributed by atoms with van der Waals surface area (Å²) in [5.74, 6) is 1.98. The van der Waals surface area contributed by atoms with Gasteiger partial charge in [0.05, 0.1) is 11.3 Å². The summed E-state index contributed by atoms with van der Waals surface area (Å²) in [6, 6.07) is 12.1. The Balaban J connectivity index is 1.41. The van der Waals surface area contributed by atoms with Crippen molar-refractivity contribution < 1.29 is 4.42 Å². The number of hydrogen-bond acceptors (Lipinski definition) is 7. The van der Waals surface area contributed by atoms with Crippen LogP contribution in [-0.2, 0) is 12.2 Å². The van der Waals surface area contributed by atoms with Crippen molar-refractivity contribution >= 4 is 33.3 Å². The van der Waals surface area contributed by atoms with Gasteiger partial charge in [0.2, 0.25) is 5.89 Å². The first kappa shape index (κ1) is 17.0. The Bertz CT molecular complexity index is 1070. The van der Waals surface area contributed by atoms with Crippen molar-refractivity contribution in [3.63, 3.8) is 0 Å². The molecule has 1 aromatic carbocycles. The summed E-state index contributed by atoms with van der Waals surface area (Å²) in [6.45, 7) is 2.14. The van der Waals surface area contributed by atoms with Crippen molar-refractivity contribution in [2.24, 2.45) is 0 Å². The zero-order chi connectivity index (χ0) is 17.9. The number of aromatic nitrogens is 4. The molecule has 26 heavy (non-hydrogen) atoms. The Morgan fingerprint density at radius 1 is 1.23 bits per heavy atom. The molecule has 4 rings (SSSR count). The van der Waals surface area contributed by atoms with Gasteiger partial charge >= 0.3 is 0 Å². The number of fused-ring (bicyclic) bond motifs is 1. The highest BCUT2D eigenvalue weighted by Crippen LogP contribution is 2.24. The molecule has 1 unspecified atom stereocenters. The van der Waals surface area contributed by atoms with E-state index >= 15 is 0 Å². The normalized spacial score (nSPS) is 12.5. The van der Waals surface area contributed by atoms with E-state index in [9.17, 15) is 4.79 Å². The average molecular weight is 384 g/mol. The van der Waals surface area contributed by atoms with Crippen LogP contribution in [-0.4, -0.2) is 20.2 Å². The summed E-state index contributed by atoms with van der Waals surface area (Å²) in [5, 5.41) is 10.5. The molecule has 3 aromatic heterocycles. The third-order valence-corrected chi connectivity index (χ3v) is 5.73. The second-order valence-electron chi connectivity index (χ2n) is 5.91. The van der Waals surface area contributed by atoms with Crippen molar-refractivity contribution in [1.29, 1.82) is 0 Å². The molecule has 4 aromatic rings. The molecule has 0 spiro atoms. The predicted molar refractivity (Wildman–Crippen MR) is 103 cm³/mol. The lowest BCUT2D eigenvalue weighted by Gasteiger charge is -2.08. The average Bonchev–Trinajstić information content (AvgIpc) is 3.30. The summed E-state index contributed by atoms with van der Waals surface area (Å²) in [4.78, 5) is 19.2. The smallest absolute Gasteiger partial charge is 0.277 e. The summed E-state index contributed by atoms with van der Waals surface area (Å²) in [5.41, 5.74) is 1.85. The molecule has 0 saturated heterocycles. The first-order valence-corrected chi connectivity index (χ1v) is 10.0. The van der Waals surface area contributed by atoms with Crippen LogP contribution in [0.5, 0.6) is 0 Å². The molecule has 0 amide bonds. The monoisotopic (exact) mass is 384 g/mol. The lowest BCUT2D eigenvalue weighted by molar-refractivity contribution is 0.404. The van der Waals surface area contributed by atoms with Crippen LogP contribution in [0.1, 0.15) is 30.1 Å². The standard InChI is InChI=1S/C18H16N4O2S2/c1-11(12-5-3-2-4-6-12)9-15-21-22-18(24-15)26-10-14-19-13-7-8-25-16(13)17(23)20-14/h2-8,11H,9-10H2,1H3,(H,19,20,23). The number of thiophene rings is 1. The predicted octanol–water partition coefficient (Wildman–Crippen LogP) is 4.01. The molecule has 0 bridgehead atoms.